The summed E-state index contributed by atoms with van der Waals surface area (Å²) in [6.07, 6.45) is 83.1. The normalized spacial score (nSPS) is 14.6. The van der Waals surface area contributed by atoms with Gasteiger partial charge in [0, 0.05) is 25.7 Å². The van der Waals surface area contributed by atoms with E-state index in [0.717, 1.165) is 161 Å². The summed E-state index contributed by atoms with van der Waals surface area (Å²) in [4.78, 5) is 72.9. The number of aliphatic hydroxyl groups excluding tert-OH is 1. The zero-order chi connectivity index (χ0) is 74.6. The molecule has 17 nitrogen and oxygen atoms in total. The molecule has 0 aliphatic rings. The molecule has 0 fully saturated rings. The Balaban J connectivity index is 5.43. The van der Waals surface area contributed by atoms with Crippen molar-refractivity contribution in [3.63, 3.8) is 0 Å². The van der Waals surface area contributed by atoms with Crippen molar-refractivity contribution in [1.29, 1.82) is 0 Å². The molecule has 0 bridgehead atoms. The topological polar surface area (TPSA) is 237 Å². The molecule has 0 aromatic heterocycles. The Morgan fingerprint density at radius 2 is 0.549 bits per heavy atom. The molecule has 0 radical (unpaired) electrons. The molecular weight excluding hydrogens is 1330 g/mol. The fourth-order valence-corrected chi connectivity index (χ4v) is 11.8. The summed E-state index contributed by atoms with van der Waals surface area (Å²) in [6, 6.07) is 0. The van der Waals surface area contributed by atoms with Gasteiger partial charge in [-0.2, -0.15) is 0 Å². The predicted octanol–water partition coefficient (Wildman–Crippen LogP) is 22.9. The molecule has 5 atom stereocenters. The first-order chi connectivity index (χ1) is 49.7. The molecule has 0 aliphatic carbocycles. The minimum absolute atomic E-state index is 0.0350. The third kappa shape index (κ3) is 73.5. The number of carbonyl (C=O) groups is 4. The lowest BCUT2D eigenvalue weighted by molar-refractivity contribution is -0.161. The number of phosphoric acid groups is 2. The minimum atomic E-state index is -5.00. The van der Waals surface area contributed by atoms with Crippen molar-refractivity contribution in [2.24, 2.45) is 0 Å². The van der Waals surface area contributed by atoms with Gasteiger partial charge < -0.3 is 33.8 Å². The summed E-state index contributed by atoms with van der Waals surface area (Å²) < 4.78 is 68.5. The number of rotatable bonds is 73. The number of allylic oxidation sites excluding steroid dienone is 22. The molecule has 0 aliphatic heterocycles. The molecule has 0 spiro atoms. The van der Waals surface area contributed by atoms with Gasteiger partial charge in [-0.25, -0.2) is 9.13 Å². The van der Waals surface area contributed by atoms with Crippen molar-refractivity contribution < 1.29 is 80.2 Å². The number of aliphatic hydroxyl groups is 1. The van der Waals surface area contributed by atoms with Crippen LogP contribution < -0.4 is 0 Å². The second kappa shape index (κ2) is 74.5. The van der Waals surface area contributed by atoms with E-state index in [0.29, 0.717) is 32.1 Å². The van der Waals surface area contributed by atoms with Crippen molar-refractivity contribution in [1.82, 2.24) is 0 Å². The van der Waals surface area contributed by atoms with Crippen LogP contribution in [0.4, 0.5) is 0 Å². The molecule has 0 saturated carbocycles. The Kier molecular flexibility index (Phi) is 71.0. The lowest BCUT2D eigenvalue weighted by Crippen LogP contribution is -2.30. The SMILES string of the molecule is CC/C=C\C/C=C\C/C=C\C/C=C\C/C=C\C/C=C\CCC(=O)OCC(COP(=O)(O)OCC(O)COP(=O)(O)OCC(COC(=O)CCCCCCC/C=C\C/C=C\C/C=C\CC)OC(=O)CCCCCCC/C=C\C/C=C\CCC)OC(=O)CCCCCCCCCCCCCCCCC. The van der Waals surface area contributed by atoms with Crippen molar-refractivity contribution in [2.75, 3.05) is 39.6 Å². The van der Waals surface area contributed by atoms with E-state index >= 15 is 0 Å². The Labute approximate surface area is 618 Å². The molecule has 3 N–H and O–H groups in total. The van der Waals surface area contributed by atoms with E-state index in [4.69, 9.17) is 37.0 Å². The van der Waals surface area contributed by atoms with Crippen LogP contribution in [0, 0.1) is 0 Å². The third-order valence-corrected chi connectivity index (χ3v) is 18.0. The van der Waals surface area contributed by atoms with Crippen molar-refractivity contribution >= 4 is 39.5 Å². The van der Waals surface area contributed by atoms with E-state index in [1.807, 2.05) is 18.2 Å². The van der Waals surface area contributed by atoms with Crippen LogP contribution >= 0.6 is 15.6 Å². The summed E-state index contributed by atoms with van der Waals surface area (Å²) in [5.74, 6) is -2.30. The van der Waals surface area contributed by atoms with Gasteiger partial charge in [0.25, 0.3) is 0 Å². The van der Waals surface area contributed by atoms with Crippen LogP contribution in [0.2, 0.25) is 0 Å². The summed E-state index contributed by atoms with van der Waals surface area (Å²) in [5.41, 5.74) is 0. The number of hydrogen-bond acceptors (Lipinski definition) is 15. The van der Waals surface area contributed by atoms with E-state index in [1.165, 1.54) is 64.2 Å². The van der Waals surface area contributed by atoms with E-state index in [1.54, 1.807) is 0 Å². The van der Waals surface area contributed by atoms with Crippen LogP contribution in [0.3, 0.4) is 0 Å². The highest BCUT2D eigenvalue weighted by molar-refractivity contribution is 7.47. The van der Waals surface area contributed by atoms with Crippen molar-refractivity contribution in [2.45, 2.75) is 329 Å². The maximum Gasteiger partial charge on any atom is 0.472 e. The Morgan fingerprint density at radius 1 is 0.284 bits per heavy atom. The van der Waals surface area contributed by atoms with Crippen LogP contribution in [-0.4, -0.2) is 96.7 Å². The first-order valence-corrected chi connectivity index (χ1v) is 42.4. The molecule has 0 aromatic rings. The quantitative estimate of drug-likeness (QED) is 0.0169. The Hall–Kier alpha value is -4.80. The summed E-state index contributed by atoms with van der Waals surface area (Å²) in [5, 5.41) is 10.6. The first-order valence-electron chi connectivity index (χ1n) is 39.4. The molecule has 102 heavy (non-hydrogen) atoms. The number of carbonyl (C=O) groups excluding carboxylic acids is 4. The van der Waals surface area contributed by atoms with Gasteiger partial charge in [0.15, 0.2) is 12.2 Å². The molecule has 0 heterocycles. The van der Waals surface area contributed by atoms with Crippen LogP contribution in [0.25, 0.3) is 0 Å². The van der Waals surface area contributed by atoms with Crippen LogP contribution in [0.1, 0.15) is 310 Å². The summed E-state index contributed by atoms with van der Waals surface area (Å²) >= 11 is 0. The predicted molar refractivity (Wildman–Crippen MR) is 418 cm³/mol. The third-order valence-electron chi connectivity index (χ3n) is 16.1. The average Bonchev–Trinajstić information content (AvgIpc) is 0.924. The van der Waals surface area contributed by atoms with Gasteiger partial charge >= 0.3 is 39.5 Å². The van der Waals surface area contributed by atoms with E-state index in [-0.39, 0.29) is 25.7 Å². The molecule has 0 saturated heterocycles. The maximum atomic E-state index is 13.1. The van der Waals surface area contributed by atoms with E-state index < -0.39 is 97.5 Å². The molecular formula is C83H140O17P2. The van der Waals surface area contributed by atoms with Gasteiger partial charge in [-0.15, -0.1) is 0 Å². The smallest absolute Gasteiger partial charge is 0.462 e. The number of hydrogen-bond donors (Lipinski definition) is 3. The van der Waals surface area contributed by atoms with E-state index in [9.17, 15) is 43.2 Å². The van der Waals surface area contributed by atoms with Gasteiger partial charge in [0.1, 0.15) is 19.3 Å². The highest BCUT2D eigenvalue weighted by atomic mass is 31.2. The Morgan fingerprint density at radius 3 is 0.882 bits per heavy atom. The number of ether oxygens (including phenoxy) is 4. The molecule has 584 valence electrons. The number of unbranched alkanes of at least 4 members (excludes halogenated alkanes) is 25. The Bertz CT molecular complexity index is 2460. The van der Waals surface area contributed by atoms with Gasteiger partial charge in [0.05, 0.1) is 26.4 Å². The van der Waals surface area contributed by atoms with Gasteiger partial charge in [-0.05, 0) is 122 Å². The molecule has 19 heteroatoms. The van der Waals surface area contributed by atoms with Crippen LogP contribution in [0.15, 0.2) is 134 Å². The standard InChI is InChI=1S/C83H140O17P2/c1-5-9-13-17-21-25-29-33-36-37-38-39-42-45-48-52-56-60-64-68-81(86)94-74-79(100-83(88)70-66-62-58-54-50-46-41-35-31-27-23-19-15-11-7-3)76-98-102(91,92)96-72-77(84)71-95-101(89,90)97-75-78(99-82(87)69-65-61-57-53-49-43-32-28-24-20-16-12-8-4)73-93-80(85)67-63-59-55-51-47-44-40-34-30-26-22-18-14-10-6-2/h9-10,13-14,16,20-22,25-26,28,32-34,36,38-40,45,48,56,60,77-79,84H,5-8,11-12,15,17-19,23-24,27,29-31,35,37,41-44,46-47,49-55,57-59,61-76H2,1-4H3,(H,89,90)(H,91,92)/b13-9-,14-10-,20-16-,25-21-,26-22-,32-28-,36-33-,39-38-,40-34-,48-45-,60-56-. The second-order valence-electron chi connectivity index (χ2n) is 25.9. The lowest BCUT2D eigenvalue weighted by atomic mass is 10.0. The fourth-order valence-electron chi connectivity index (χ4n) is 10.2. The fraction of sp³-hybridized carbons (Fsp3) is 0.687. The van der Waals surface area contributed by atoms with E-state index in [2.05, 4.69) is 143 Å². The molecule has 0 aromatic carbocycles. The molecule has 5 unspecified atom stereocenters. The number of esters is 4. The summed E-state index contributed by atoms with van der Waals surface area (Å²) in [7, 11) is -9.98. The van der Waals surface area contributed by atoms with Crippen LogP contribution in [-0.2, 0) is 65.4 Å². The molecule has 0 rings (SSSR count). The minimum Gasteiger partial charge on any atom is -0.462 e. The summed E-state index contributed by atoms with van der Waals surface area (Å²) in [6.45, 7) is 4.48. The highest BCUT2D eigenvalue weighted by Crippen LogP contribution is 2.45. The van der Waals surface area contributed by atoms with Gasteiger partial charge in [0.2, 0.25) is 0 Å². The molecule has 0 amide bonds. The first kappa shape index (κ1) is 97.2. The van der Waals surface area contributed by atoms with Gasteiger partial charge in [-0.3, -0.25) is 37.3 Å². The van der Waals surface area contributed by atoms with Crippen molar-refractivity contribution in [3.8, 4) is 0 Å². The van der Waals surface area contributed by atoms with Crippen molar-refractivity contribution in [3.05, 3.63) is 134 Å². The largest absolute Gasteiger partial charge is 0.472 e. The zero-order valence-electron chi connectivity index (χ0n) is 63.7. The lowest BCUT2D eigenvalue weighted by Gasteiger charge is -2.21. The number of phosphoric ester groups is 2. The zero-order valence-corrected chi connectivity index (χ0v) is 65.5. The highest BCUT2D eigenvalue weighted by Gasteiger charge is 2.30. The second-order valence-corrected chi connectivity index (χ2v) is 28.8. The average molecular weight is 1470 g/mol. The van der Waals surface area contributed by atoms with Crippen LogP contribution in [0.5, 0.6) is 0 Å². The maximum absolute atomic E-state index is 13.1. The monoisotopic (exact) mass is 1470 g/mol. The van der Waals surface area contributed by atoms with Gasteiger partial charge in [-0.1, -0.05) is 296 Å².